The Balaban J connectivity index is 2.11. The molecule has 4 heteroatoms. The first-order chi connectivity index (χ1) is 8.35. The van der Waals surface area contributed by atoms with Gasteiger partial charge >= 0.3 is 0 Å². The molecule has 0 bridgehead atoms. The van der Waals surface area contributed by atoms with Gasteiger partial charge in [-0.15, -0.1) is 0 Å². The van der Waals surface area contributed by atoms with Crippen LogP contribution in [0.5, 0.6) is 0 Å². The Labute approximate surface area is 103 Å². The zero-order valence-electron chi connectivity index (χ0n) is 10.8. The first-order valence-corrected chi connectivity index (χ1v) is 6.66. The van der Waals surface area contributed by atoms with Crippen LogP contribution in [0.4, 0.5) is 11.6 Å². The molecule has 2 rings (SSSR count). The van der Waals surface area contributed by atoms with Gasteiger partial charge in [-0.2, -0.15) is 0 Å². The number of hydrogen-bond donors (Lipinski definition) is 2. The van der Waals surface area contributed by atoms with E-state index in [-0.39, 0.29) is 0 Å². The lowest BCUT2D eigenvalue weighted by atomic mass is 10.1. The Morgan fingerprint density at radius 1 is 1.18 bits per heavy atom. The third kappa shape index (κ3) is 3.32. The maximum atomic E-state index is 4.38. The van der Waals surface area contributed by atoms with Crippen molar-refractivity contribution in [1.29, 1.82) is 0 Å². The summed E-state index contributed by atoms with van der Waals surface area (Å²) in [5.41, 5.74) is 1.23. The Hall–Kier alpha value is -1.32. The van der Waals surface area contributed by atoms with E-state index in [9.17, 15) is 0 Å². The molecule has 1 fully saturated rings. The highest BCUT2D eigenvalue weighted by Gasteiger charge is 2.21. The third-order valence-corrected chi connectivity index (χ3v) is 3.04. The topological polar surface area (TPSA) is 49.8 Å². The number of nitrogens with zero attached hydrogens (tertiary/aromatic N) is 2. The smallest absolute Gasteiger partial charge is 0.134 e. The monoisotopic (exact) mass is 234 g/mol. The van der Waals surface area contributed by atoms with Gasteiger partial charge in [0.05, 0.1) is 0 Å². The zero-order chi connectivity index (χ0) is 12.1. The maximum absolute atomic E-state index is 4.38. The molecule has 1 aliphatic rings. The summed E-state index contributed by atoms with van der Waals surface area (Å²) >= 11 is 0. The predicted octanol–water partition coefficient (Wildman–Crippen LogP) is 2.68. The van der Waals surface area contributed by atoms with Crippen molar-refractivity contribution in [3.63, 3.8) is 0 Å². The van der Waals surface area contributed by atoms with Gasteiger partial charge in [0, 0.05) is 18.7 Å². The van der Waals surface area contributed by atoms with E-state index >= 15 is 0 Å². The van der Waals surface area contributed by atoms with Gasteiger partial charge in [0.25, 0.3) is 0 Å². The van der Waals surface area contributed by atoms with E-state index in [1.54, 1.807) is 6.33 Å². The molecule has 94 valence electrons. The normalized spacial score (nSPS) is 14.7. The van der Waals surface area contributed by atoms with Crippen molar-refractivity contribution in [2.45, 2.75) is 39.5 Å². The highest BCUT2D eigenvalue weighted by atomic mass is 15.1. The quantitative estimate of drug-likeness (QED) is 0.761. The number of aromatic nitrogens is 2. The van der Waals surface area contributed by atoms with Crippen LogP contribution in [0.15, 0.2) is 6.33 Å². The van der Waals surface area contributed by atoms with Crippen molar-refractivity contribution in [3.05, 3.63) is 11.9 Å². The molecular formula is C13H22N4. The number of hydrogen-bond acceptors (Lipinski definition) is 4. The molecule has 0 saturated heterocycles. The molecular weight excluding hydrogens is 212 g/mol. The SMILES string of the molecule is CCCc1c(NCC)ncnc1NCC1CC1. The van der Waals surface area contributed by atoms with E-state index in [1.807, 2.05) is 0 Å². The van der Waals surface area contributed by atoms with Crippen LogP contribution in [-0.2, 0) is 6.42 Å². The van der Waals surface area contributed by atoms with Crippen molar-refractivity contribution in [2.24, 2.45) is 5.92 Å². The van der Waals surface area contributed by atoms with E-state index in [1.165, 1.54) is 18.4 Å². The van der Waals surface area contributed by atoms with E-state index < -0.39 is 0 Å². The minimum atomic E-state index is 0.863. The van der Waals surface area contributed by atoms with Crippen molar-refractivity contribution in [2.75, 3.05) is 23.7 Å². The summed E-state index contributed by atoms with van der Waals surface area (Å²) in [6.45, 7) is 6.23. The van der Waals surface area contributed by atoms with Crippen LogP contribution in [0.1, 0.15) is 38.7 Å². The minimum Gasteiger partial charge on any atom is -0.370 e. The molecule has 1 saturated carbocycles. The van der Waals surface area contributed by atoms with Crippen LogP contribution in [-0.4, -0.2) is 23.1 Å². The molecule has 0 radical (unpaired) electrons. The summed E-state index contributed by atoms with van der Waals surface area (Å²) in [4.78, 5) is 8.71. The number of rotatable bonds is 7. The van der Waals surface area contributed by atoms with Crippen molar-refractivity contribution >= 4 is 11.6 Å². The molecule has 0 amide bonds. The standard InChI is InChI=1S/C13H22N4/c1-3-5-11-12(14-4-2)16-9-17-13(11)15-8-10-6-7-10/h9-10H,3-8H2,1-2H3,(H2,14,15,16,17). The summed E-state index contributed by atoms with van der Waals surface area (Å²) < 4.78 is 0. The van der Waals surface area contributed by atoms with Crippen LogP contribution in [0.2, 0.25) is 0 Å². The lowest BCUT2D eigenvalue weighted by Gasteiger charge is -2.14. The Kier molecular flexibility index (Phi) is 4.18. The second-order valence-electron chi connectivity index (χ2n) is 4.65. The van der Waals surface area contributed by atoms with Gasteiger partial charge in [0.1, 0.15) is 18.0 Å². The average Bonchev–Trinajstić information content (AvgIpc) is 3.14. The Morgan fingerprint density at radius 3 is 2.47 bits per heavy atom. The van der Waals surface area contributed by atoms with Crippen molar-refractivity contribution in [3.8, 4) is 0 Å². The van der Waals surface area contributed by atoms with Gasteiger partial charge in [0.15, 0.2) is 0 Å². The van der Waals surface area contributed by atoms with E-state index in [4.69, 9.17) is 0 Å². The van der Waals surface area contributed by atoms with Gasteiger partial charge < -0.3 is 10.6 Å². The van der Waals surface area contributed by atoms with Crippen LogP contribution >= 0.6 is 0 Å². The second-order valence-corrected chi connectivity index (χ2v) is 4.65. The zero-order valence-corrected chi connectivity index (χ0v) is 10.8. The fraction of sp³-hybridized carbons (Fsp3) is 0.692. The van der Waals surface area contributed by atoms with Gasteiger partial charge in [-0.1, -0.05) is 13.3 Å². The van der Waals surface area contributed by atoms with E-state index in [0.717, 1.165) is 43.5 Å². The number of anilines is 2. The highest BCUT2D eigenvalue weighted by molar-refractivity contribution is 5.57. The summed E-state index contributed by atoms with van der Waals surface area (Å²) in [5.74, 6) is 2.87. The predicted molar refractivity (Wildman–Crippen MR) is 71.4 cm³/mol. The second kappa shape index (κ2) is 5.84. The van der Waals surface area contributed by atoms with Gasteiger partial charge in [-0.25, -0.2) is 9.97 Å². The minimum absolute atomic E-state index is 0.863. The van der Waals surface area contributed by atoms with Gasteiger partial charge in [-0.3, -0.25) is 0 Å². The summed E-state index contributed by atoms with van der Waals surface area (Å²) in [7, 11) is 0. The largest absolute Gasteiger partial charge is 0.370 e. The van der Waals surface area contributed by atoms with E-state index in [0.29, 0.717) is 0 Å². The summed E-state index contributed by atoms with van der Waals surface area (Å²) in [6, 6.07) is 0. The fourth-order valence-electron chi connectivity index (χ4n) is 1.93. The molecule has 0 aliphatic heterocycles. The average molecular weight is 234 g/mol. The molecule has 17 heavy (non-hydrogen) atoms. The lowest BCUT2D eigenvalue weighted by molar-refractivity contribution is 0.859. The van der Waals surface area contributed by atoms with Crippen LogP contribution in [0.3, 0.4) is 0 Å². The Morgan fingerprint density at radius 2 is 1.88 bits per heavy atom. The summed E-state index contributed by atoms with van der Waals surface area (Å²) in [6.07, 6.45) is 6.51. The molecule has 0 atom stereocenters. The van der Waals surface area contributed by atoms with Crippen LogP contribution in [0, 0.1) is 5.92 Å². The molecule has 4 nitrogen and oxygen atoms in total. The first-order valence-electron chi connectivity index (χ1n) is 6.66. The number of nitrogens with one attached hydrogen (secondary N) is 2. The van der Waals surface area contributed by atoms with Crippen molar-refractivity contribution < 1.29 is 0 Å². The molecule has 1 aromatic heterocycles. The molecule has 1 aromatic rings. The van der Waals surface area contributed by atoms with E-state index in [2.05, 4.69) is 34.4 Å². The summed E-state index contributed by atoms with van der Waals surface area (Å²) in [5, 5.41) is 6.78. The van der Waals surface area contributed by atoms with Crippen LogP contribution in [0.25, 0.3) is 0 Å². The lowest BCUT2D eigenvalue weighted by Crippen LogP contribution is -2.11. The molecule has 1 aliphatic carbocycles. The Bertz CT molecular complexity index is 360. The van der Waals surface area contributed by atoms with Gasteiger partial charge in [-0.05, 0) is 32.1 Å². The maximum Gasteiger partial charge on any atom is 0.134 e. The van der Waals surface area contributed by atoms with Gasteiger partial charge in [0.2, 0.25) is 0 Å². The molecule has 0 spiro atoms. The van der Waals surface area contributed by atoms with Crippen molar-refractivity contribution in [1.82, 2.24) is 9.97 Å². The molecule has 0 aromatic carbocycles. The third-order valence-electron chi connectivity index (χ3n) is 3.04. The highest BCUT2D eigenvalue weighted by Crippen LogP contribution is 2.30. The van der Waals surface area contributed by atoms with Crippen LogP contribution < -0.4 is 10.6 Å². The first kappa shape index (κ1) is 12.1. The molecule has 0 unspecified atom stereocenters. The molecule has 2 N–H and O–H groups in total. The fourth-order valence-corrected chi connectivity index (χ4v) is 1.93. The molecule has 1 heterocycles.